The number of likely N-dealkylation sites (N-methyl/N-ethyl adjacent to an activating group) is 1. The molecule has 36 heavy (non-hydrogen) atoms. The van der Waals surface area contributed by atoms with Crippen LogP contribution < -0.4 is 9.64 Å². The molecule has 0 bridgehead atoms. The number of hydrogen-bond donors (Lipinski definition) is 0. The molecule has 0 saturated carbocycles. The van der Waals surface area contributed by atoms with E-state index in [1.807, 2.05) is 18.3 Å². The highest BCUT2D eigenvalue weighted by Gasteiger charge is 2.19. The van der Waals surface area contributed by atoms with Crippen molar-refractivity contribution in [3.05, 3.63) is 78.0 Å². The third-order valence-electron chi connectivity index (χ3n) is 7.46. The van der Waals surface area contributed by atoms with Crippen LogP contribution in [-0.4, -0.2) is 60.0 Å². The molecule has 6 heteroatoms. The largest absolute Gasteiger partial charge is 0.497 e. The smallest absolute Gasteiger partial charge is 0.119 e. The molecule has 0 aliphatic carbocycles. The number of hydrogen-bond acceptors (Lipinski definition) is 5. The Hall–Kier alpha value is -3.90. The van der Waals surface area contributed by atoms with E-state index in [9.17, 15) is 0 Å². The highest BCUT2D eigenvalue weighted by atomic mass is 16.5. The summed E-state index contributed by atoms with van der Waals surface area (Å²) in [6.07, 6.45) is 1.96. The zero-order valence-corrected chi connectivity index (χ0v) is 21.3. The molecular formula is C30H31N5O. The maximum absolute atomic E-state index is 5.56. The SMILES string of the molecule is COc1ccc2ncc3c(-c4ccc(N5CCN(C)CC5)cc4)nn(-c4ccc(C)c(C)c4)c3c2c1. The molecule has 5 aromatic rings. The molecule has 2 aromatic heterocycles. The van der Waals surface area contributed by atoms with E-state index >= 15 is 0 Å². The first-order valence-electron chi connectivity index (χ1n) is 12.5. The van der Waals surface area contributed by atoms with Gasteiger partial charge in [0.05, 0.1) is 23.8 Å². The molecule has 0 N–H and O–H groups in total. The first-order valence-corrected chi connectivity index (χ1v) is 12.5. The van der Waals surface area contributed by atoms with Gasteiger partial charge in [-0.25, -0.2) is 4.68 Å². The van der Waals surface area contributed by atoms with Crippen LogP contribution in [-0.2, 0) is 0 Å². The summed E-state index contributed by atoms with van der Waals surface area (Å²) in [5, 5.41) is 7.23. The lowest BCUT2D eigenvalue weighted by Gasteiger charge is -2.34. The van der Waals surface area contributed by atoms with E-state index in [1.165, 1.54) is 16.8 Å². The molecule has 182 valence electrons. The molecule has 3 aromatic carbocycles. The number of benzene rings is 3. The Balaban J connectivity index is 1.52. The van der Waals surface area contributed by atoms with Crippen LogP contribution in [0.15, 0.2) is 66.9 Å². The minimum absolute atomic E-state index is 0.808. The van der Waals surface area contributed by atoms with Gasteiger partial charge in [0.15, 0.2) is 0 Å². The van der Waals surface area contributed by atoms with E-state index in [2.05, 4.69) is 83.9 Å². The first-order chi connectivity index (χ1) is 17.5. The Morgan fingerprint density at radius 1 is 0.778 bits per heavy atom. The number of piperazine rings is 1. The van der Waals surface area contributed by atoms with Crippen LogP contribution in [0.4, 0.5) is 5.69 Å². The molecule has 0 amide bonds. The summed E-state index contributed by atoms with van der Waals surface area (Å²) in [4.78, 5) is 9.62. The summed E-state index contributed by atoms with van der Waals surface area (Å²) in [6.45, 7) is 8.57. The minimum Gasteiger partial charge on any atom is -0.497 e. The van der Waals surface area contributed by atoms with Crippen LogP contribution >= 0.6 is 0 Å². The Labute approximate surface area is 211 Å². The number of methoxy groups -OCH3 is 1. The molecule has 0 radical (unpaired) electrons. The molecule has 6 nitrogen and oxygen atoms in total. The second-order valence-corrected chi connectivity index (χ2v) is 9.77. The number of rotatable bonds is 4. The molecule has 1 aliphatic rings. The number of fused-ring (bicyclic) bond motifs is 3. The van der Waals surface area contributed by atoms with Gasteiger partial charge in [-0.2, -0.15) is 5.10 Å². The number of anilines is 1. The van der Waals surface area contributed by atoms with Gasteiger partial charge >= 0.3 is 0 Å². The van der Waals surface area contributed by atoms with E-state index in [0.717, 1.165) is 70.7 Å². The fraction of sp³-hybridized carbons (Fsp3) is 0.267. The molecule has 0 unspecified atom stereocenters. The van der Waals surface area contributed by atoms with Crippen molar-refractivity contribution in [2.24, 2.45) is 0 Å². The highest BCUT2D eigenvalue weighted by Crippen LogP contribution is 2.36. The van der Waals surface area contributed by atoms with Gasteiger partial charge in [0.1, 0.15) is 11.4 Å². The van der Waals surface area contributed by atoms with Gasteiger partial charge in [-0.05, 0) is 74.5 Å². The third kappa shape index (κ3) is 3.88. The summed E-state index contributed by atoms with van der Waals surface area (Å²) in [5.74, 6) is 0.808. The second kappa shape index (κ2) is 8.95. The Kier molecular flexibility index (Phi) is 5.61. The summed E-state index contributed by atoms with van der Waals surface area (Å²) < 4.78 is 7.62. The lowest BCUT2D eigenvalue weighted by molar-refractivity contribution is 0.313. The van der Waals surface area contributed by atoms with Gasteiger partial charge < -0.3 is 14.5 Å². The summed E-state index contributed by atoms with van der Waals surface area (Å²) >= 11 is 0. The van der Waals surface area contributed by atoms with Crippen molar-refractivity contribution < 1.29 is 4.74 Å². The summed E-state index contributed by atoms with van der Waals surface area (Å²) in [7, 11) is 3.88. The van der Waals surface area contributed by atoms with Crippen LogP contribution in [0.1, 0.15) is 11.1 Å². The van der Waals surface area contributed by atoms with E-state index in [1.54, 1.807) is 7.11 Å². The van der Waals surface area contributed by atoms with Gasteiger partial charge in [0.2, 0.25) is 0 Å². The maximum atomic E-state index is 5.56. The Morgan fingerprint density at radius 2 is 1.53 bits per heavy atom. The summed E-state index contributed by atoms with van der Waals surface area (Å²) in [5.41, 5.74) is 8.80. The van der Waals surface area contributed by atoms with Gasteiger partial charge in [-0.3, -0.25) is 4.98 Å². The molecule has 1 fully saturated rings. The number of ether oxygens (including phenoxy) is 1. The number of aryl methyl sites for hydroxylation is 2. The van der Waals surface area contributed by atoms with Crippen molar-refractivity contribution in [3.63, 3.8) is 0 Å². The average molecular weight is 478 g/mol. The number of aromatic nitrogens is 3. The van der Waals surface area contributed by atoms with Crippen LogP contribution in [0.2, 0.25) is 0 Å². The fourth-order valence-electron chi connectivity index (χ4n) is 5.04. The van der Waals surface area contributed by atoms with Gasteiger partial charge in [0, 0.05) is 54.4 Å². The van der Waals surface area contributed by atoms with Crippen molar-refractivity contribution in [2.45, 2.75) is 13.8 Å². The Morgan fingerprint density at radius 3 is 2.25 bits per heavy atom. The van der Waals surface area contributed by atoms with E-state index in [-0.39, 0.29) is 0 Å². The molecule has 6 rings (SSSR count). The van der Waals surface area contributed by atoms with Crippen LogP contribution in [0.25, 0.3) is 38.8 Å². The zero-order valence-electron chi connectivity index (χ0n) is 21.3. The lowest BCUT2D eigenvalue weighted by Crippen LogP contribution is -2.44. The van der Waals surface area contributed by atoms with E-state index < -0.39 is 0 Å². The molecule has 0 atom stereocenters. The van der Waals surface area contributed by atoms with Crippen LogP contribution in [0, 0.1) is 13.8 Å². The predicted octanol–water partition coefficient (Wildman–Crippen LogP) is 5.62. The first kappa shape index (κ1) is 22.6. The highest BCUT2D eigenvalue weighted by molar-refractivity contribution is 6.09. The quantitative estimate of drug-likeness (QED) is 0.336. The van der Waals surface area contributed by atoms with Crippen molar-refractivity contribution in [1.82, 2.24) is 19.7 Å². The maximum Gasteiger partial charge on any atom is 0.119 e. The zero-order chi connectivity index (χ0) is 24.8. The second-order valence-electron chi connectivity index (χ2n) is 9.77. The normalized spacial score (nSPS) is 14.6. The molecule has 1 aliphatic heterocycles. The van der Waals surface area contributed by atoms with Gasteiger partial charge in [-0.15, -0.1) is 0 Å². The van der Waals surface area contributed by atoms with Crippen molar-refractivity contribution in [1.29, 1.82) is 0 Å². The number of pyridine rings is 1. The monoisotopic (exact) mass is 477 g/mol. The lowest BCUT2D eigenvalue weighted by atomic mass is 10.1. The summed E-state index contributed by atoms with van der Waals surface area (Å²) in [6, 6.07) is 21.3. The predicted molar refractivity (Wildman–Crippen MR) is 148 cm³/mol. The molecule has 1 saturated heterocycles. The standard InChI is InChI=1S/C30H31N5O/c1-20-5-8-24(17-21(20)2)35-30-26-18-25(36-4)11-12-28(26)31-19-27(30)29(32-35)22-6-9-23(10-7-22)34-15-13-33(3)14-16-34/h5-12,17-19H,13-16H2,1-4H3. The third-order valence-corrected chi connectivity index (χ3v) is 7.46. The topological polar surface area (TPSA) is 46.4 Å². The molecule has 0 spiro atoms. The van der Waals surface area contributed by atoms with Gasteiger partial charge in [0.25, 0.3) is 0 Å². The molecule has 3 heterocycles. The van der Waals surface area contributed by atoms with Crippen LogP contribution in [0.3, 0.4) is 0 Å². The minimum atomic E-state index is 0.808. The van der Waals surface area contributed by atoms with Gasteiger partial charge in [-0.1, -0.05) is 18.2 Å². The van der Waals surface area contributed by atoms with Crippen molar-refractivity contribution in [2.75, 3.05) is 45.2 Å². The Bertz CT molecular complexity index is 1560. The number of nitrogens with zero attached hydrogens (tertiary/aromatic N) is 5. The van der Waals surface area contributed by atoms with Crippen molar-refractivity contribution >= 4 is 27.5 Å². The van der Waals surface area contributed by atoms with E-state index in [4.69, 9.17) is 14.8 Å². The van der Waals surface area contributed by atoms with E-state index in [0.29, 0.717) is 0 Å². The van der Waals surface area contributed by atoms with Crippen molar-refractivity contribution in [3.8, 4) is 22.7 Å². The fourth-order valence-corrected chi connectivity index (χ4v) is 5.04. The molecular weight excluding hydrogens is 446 g/mol. The average Bonchev–Trinajstić information content (AvgIpc) is 3.31. The van der Waals surface area contributed by atoms with Crippen LogP contribution in [0.5, 0.6) is 5.75 Å².